The van der Waals surface area contributed by atoms with E-state index in [4.69, 9.17) is 0 Å². The van der Waals surface area contributed by atoms with Crippen molar-refractivity contribution in [3.63, 3.8) is 0 Å². The SMILES string of the molecule is CN(C)C(=O)[C@H]1C(=O)N(C)C[C@@H]1c1ccccc1. The number of likely N-dealkylation sites (N-methyl/N-ethyl adjacent to an activating group) is 1. The Bertz CT molecular complexity index is 456. The number of carbonyl (C=O) groups is 2. The quantitative estimate of drug-likeness (QED) is 0.729. The molecule has 2 atom stereocenters. The average Bonchev–Trinajstić information content (AvgIpc) is 2.66. The van der Waals surface area contributed by atoms with E-state index in [-0.39, 0.29) is 17.7 Å². The van der Waals surface area contributed by atoms with E-state index in [9.17, 15) is 9.59 Å². The number of carbonyl (C=O) groups excluding carboxylic acids is 2. The number of benzene rings is 1. The molecule has 18 heavy (non-hydrogen) atoms. The van der Waals surface area contributed by atoms with E-state index in [1.54, 1.807) is 26.0 Å². The second kappa shape index (κ2) is 4.80. The second-order valence-electron chi connectivity index (χ2n) is 4.95. The molecule has 2 amide bonds. The van der Waals surface area contributed by atoms with Crippen LogP contribution in [0, 0.1) is 5.92 Å². The zero-order valence-corrected chi connectivity index (χ0v) is 11.0. The van der Waals surface area contributed by atoms with E-state index in [1.165, 1.54) is 4.90 Å². The van der Waals surface area contributed by atoms with Crippen LogP contribution in [0.2, 0.25) is 0 Å². The summed E-state index contributed by atoms with van der Waals surface area (Å²) in [4.78, 5) is 27.4. The molecule has 1 aromatic rings. The minimum absolute atomic E-state index is 0.0430. The highest BCUT2D eigenvalue weighted by atomic mass is 16.2. The normalized spacial score (nSPS) is 23.3. The number of amides is 2. The lowest BCUT2D eigenvalue weighted by molar-refractivity contribution is -0.141. The summed E-state index contributed by atoms with van der Waals surface area (Å²) in [5.74, 6) is -0.813. The Hall–Kier alpha value is -1.84. The molecule has 0 radical (unpaired) electrons. The Balaban J connectivity index is 2.34. The second-order valence-corrected chi connectivity index (χ2v) is 4.95. The van der Waals surface area contributed by atoms with Crippen LogP contribution in [0.1, 0.15) is 11.5 Å². The molecule has 0 aliphatic carbocycles. The summed E-state index contributed by atoms with van der Waals surface area (Å²) in [7, 11) is 5.13. The number of likely N-dealkylation sites (tertiary alicyclic amines) is 1. The zero-order chi connectivity index (χ0) is 13.3. The lowest BCUT2D eigenvalue weighted by Crippen LogP contribution is -2.36. The van der Waals surface area contributed by atoms with Gasteiger partial charge in [0.05, 0.1) is 0 Å². The molecule has 0 aromatic heterocycles. The van der Waals surface area contributed by atoms with Crippen LogP contribution in [0.3, 0.4) is 0 Å². The van der Waals surface area contributed by atoms with Gasteiger partial charge in [-0.2, -0.15) is 0 Å². The highest BCUT2D eigenvalue weighted by Gasteiger charge is 2.44. The molecular formula is C14H18N2O2. The molecule has 0 N–H and O–H groups in total. The first-order chi connectivity index (χ1) is 8.52. The van der Waals surface area contributed by atoms with Crippen LogP contribution in [0.4, 0.5) is 0 Å². The van der Waals surface area contributed by atoms with Gasteiger partial charge in [-0.15, -0.1) is 0 Å². The molecule has 0 unspecified atom stereocenters. The lowest BCUT2D eigenvalue weighted by atomic mass is 9.88. The van der Waals surface area contributed by atoms with Gasteiger partial charge in [-0.25, -0.2) is 0 Å². The Labute approximate surface area is 107 Å². The first-order valence-electron chi connectivity index (χ1n) is 6.03. The zero-order valence-electron chi connectivity index (χ0n) is 11.0. The van der Waals surface area contributed by atoms with Crippen molar-refractivity contribution < 1.29 is 9.59 Å². The Morgan fingerprint density at radius 1 is 1.28 bits per heavy atom. The van der Waals surface area contributed by atoms with E-state index in [2.05, 4.69) is 0 Å². The van der Waals surface area contributed by atoms with Gasteiger partial charge >= 0.3 is 0 Å². The van der Waals surface area contributed by atoms with E-state index in [0.29, 0.717) is 6.54 Å². The van der Waals surface area contributed by atoms with Gasteiger partial charge in [-0.3, -0.25) is 9.59 Å². The van der Waals surface area contributed by atoms with Crippen molar-refractivity contribution in [3.05, 3.63) is 35.9 Å². The van der Waals surface area contributed by atoms with Crippen LogP contribution in [-0.2, 0) is 9.59 Å². The summed E-state index contributed by atoms with van der Waals surface area (Å²) in [6.45, 7) is 0.604. The summed E-state index contributed by atoms with van der Waals surface area (Å²) in [5.41, 5.74) is 1.05. The van der Waals surface area contributed by atoms with Gasteiger partial charge in [-0.1, -0.05) is 30.3 Å². The van der Waals surface area contributed by atoms with Crippen LogP contribution in [0.5, 0.6) is 0 Å². The summed E-state index contributed by atoms with van der Waals surface area (Å²) in [5, 5.41) is 0. The van der Waals surface area contributed by atoms with Gasteiger partial charge < -0.3 is 9.80 Å². The Morgan fingerprint density at radius 2 is 1.89 bits per heavy atom. The topological polar surface area (TPSA) is 40.6 Å². The minimum Gasteiger partial charge on any atom is -0.348 e. The van der Waals surface area contributed by atoms with Gasteiger partial charge in [-0.05, 0) is 5.56 Å². The molecule has 0 saturated carbocycles. The van der Waals surface area contributed by atoms with Gasteiger partial charge in [0, 0.05) is 33.6 Å². The number of nitrogens with zero attached hydrogens (tertiary/aromatic N) is 2. The molecule has 1 fully saturated rings. The molecule has 1 saturated heterocycles. The van der Waals surface area contributed by atoms with E-state index >= 15 is 0 Å². The molecule has 4 nitrogen and oxygen atoms in total. The van der Waals surface area contributed by atoms with Crippen molar-refractivity contribution in [1.82, 2.24) is 9.80 Å². The van der Waals surface area contributed by atoms with Crippen LogP contribution in [0.25, 0.3) is 0 Å². The van der Waals surface area contributed by atoms with Gasteiger partial charge in [0.25, 0.3) is 0 Å². The van der Waals surface area contributed by atoms with Gasteiger partial charge in [0.15, 0.2) is 0 Å². The molecule has 0 spiro atoms. The molecule has 1 aliphatic heterocycles. The summed E-state index contributed by atoms with van der Waals surface area (Å²) in [6, 6.07) is 9.78. The Morgan fingerprint density at radius 3 is 2.44 bits per heavy atom. The number of hydrogen-bond acceptors (Lipinski definition) is 2. The fraction of sp³-hybridized carbons (Fsp3) is 0.429. The average molecular weight is 246 g/mol. The largest absolute Gasteiger partial charge is 0.348 e. The molecule has 1 aromatic carbocycles. The van der Waals surface area contributed by atoms with Crippen molar-refractivity contribution in [2.24, 2.45) is 5.92 Å². The van der Waals surface area contributed by atoms with E-state index in [0.717, 1.165) is 5.56 Å². The van der Waals surface area contributed by atoms with Crippen molar-refractivity contribution >= 4 is 11.8 Å². The highest BCUT2D eigenvalue weighted by molar-refractivity contribution is 6.02. The third-order valence-corrected chi connectivity index (χ3v) is 3.45. The maximum Gasteiger partial charge on any atom is 0.235 e. The third-order valence-electron chi connectivity index (χ3n) is 3.45. The maximum atomic E-state index is 12.2. The van der Waals surface area contributed by atoms with Gasteiger partial charge in [0.1, 0.15) is 5.92 Å². The molecule has 2 rings (SSSR count). The van der Waals surface area contributed by atoms with Crippen LogP contribution in [0.15, 0.2) is 30.3 Å². The standard InChI is InChI=1S/C14H18N2O2/c1-15(2)13(17)12-11(9-16(3)14(12)18)10-7-5-4-6-8-10/h4-8,11-12H,9H2,1-3H3/t11-,12+/m1/s1. The van der Waals surface area contributed by atoms with Crippen LogP contribution in [-0.4, -0.2) is 49.3 Å². The molecule has 1 aliphatic rings. The number of rotatable bonds is 2. The molecule has 1 heterocycles. The van der Waals surface area contributed by atoms with Crippen molar-refractivity contribution in [1.29, 1.82) is 0 Å². The maximum absolute atomic E-state index is 12.2. The number of hydrogen-bond donors (Lipinski definition) is 0. The van der Waals surface area contributed by atoms with E-state index in [1.807, 2.05) is 30.3 Å². The van der Waals surface area contributed by atoms with E-state index < -0.39 is 5.92 Å². The first kappa shape index (κ1) is 12.6. The molecular weight excluding hydrogens is 228 g/mol. The predicted octanol–water partition coefficient (Wildman–Crippen LogP) is 0.947. The monoisotopic (exact) mass is 246 g/mol. The summed E-state index contributed by atoms with van der Waals surface area (Å²) < 4.78 is 0. The molecule has 0 bridgehead atoms. The highest BCUT2D eigenvalue weighted by Crippen LogP contribution is 2.33. The third kappa shape index (κ3) is 2.10. The van der Waals surface area contributed by atoms with Crippen LogP contribution < -0.4 is 0 Å². The Kier molecular flexibility index (Phi) is 3.36. The fourth-order valence-electron chi connectivity index (χ4n) is 2.45. The molecule has 96 valence electrons. The van der Waals surface area contributed by atoms with Crippen molar-refractivity contribution in [3.8, 4) is 0 Å². The minimum atomic E-state index is -0.576. The predicted molar refractivity (Wildman–Crippen MR) is 69.0 cm³/mol. The lowest BCUT2D eigenvalue weighted by Gasteiger charge is -2.20. The summed E-state index contributed by atoms with van der Waals surface area (Å²) >= 11 is 0. The van der Waals surface area contributed by atoms with Crippen molar-refractivity contribution in [2.45, 2.75) is 5.92 Å². The van der Waals surface area contributed by atoms with Gasteiger partial charge in [0.2, 0.25) is 11.8 Å². The molecule has 4 heteroatoms. The first-order valence-corrected chi connectivity index (χ1v) is 6.03. The van der Waals surface area contributed by atoms with Crippen molar-refractivity contribution in [2.75, 3.05) is 27.7 Å². The smallest absolute Gasteiger partial charge is 0.235 e. The summed E-state index contributed by atoms with van der Waals surface area (Å²) in [6.07, 6.45) is 0. The van der Waals surface area contributed by atoms with Crippen LogP contribution >= 0.6 is 0 Å². The fourth-order valence-corrected chi connectivity index (χ4v) is 2.45.